The van der Waals surface area contributed by atoms with Gasteiger partial charge in [0, 0.05) is 46.6 Å². The largest absolute Gasteiger partial charge is 0.481 e. The van der Waals surface area contributed by atoms with Crippen LogP contribution in [0.5, 0.6) is 0 Å². The summed E-state index contributed by atoms with van der Waals surface area (Å²) in [5, 5.41) is 11.2. The van der Waals surface area contributed by atoms with Crippen LogP contribution in [0.3, 0.4) is 0 Å². The highest BCUT2D eigenvalue weighted by atomic mass is 16.4. The summed E-state index contributed by atoms with van der Waals surface area (Å²) in [5.74, 6) is -0.453. The van der Waals surface area contributed by atoms with E-state index in [9.17, 15) is 14.4 Å². The molecule has 1 rings (SSSR count). The molecule has 120 valence electrons. The Hall–Kier alpha value is -1.79. The molecule has 0 aromatic carbocycles. The molecule has 1 aliphatic rings. The average molecular weight is 299 g/mol. The Kier molecular flexibility index (Phi) is 6.98. The summed E-state index contributed by atoms with van der Waals surface area (Å²) in [6, 6.07) is -0.0596. The number of aliphatic carboxylic acids is 1. The Morgan fingerprint density at radius 3 is 2.38 bits per heavy atom. The maximum absolute atomic E-state index is 12.2. The molecule has 1 heterocycles. The summed E-state index contributed by atoms with van der Waals surface area (Å²) in [6.07, 6.45) is 2.88. The molecule has 0 aliphatic carbocycles. The van der Waals surface area contributed by atoms with Crippen molar-refractivity contribution in [2.75, 3.05) is 33.7 Å². The zero-order valence-corrected chi connectivity index (χ0v) is 12.8. The number of carboxylic acids is 1. The van der Waals surface area contributed by atoms with Crippen LogP contribution in [0.1, 0.15) is 32.1 Å². The maximum atomic E-state index is 12.2. The molecular formula is C14H25N3O4. The van der Waals surface area contributed by atoms with Crippen LogP contribution >= 0.6 is 0 Å². The van der Waals surface area contributed by atoms with Gasteiger partial charge >= 0.3 is 12.0 Å². The van der Waals surface area contributed by atoms with Gasteiger partial charge in [-0.05, 0) is 25.2 Å². The highest BCUT2D eigenvalue weighted by Crippen LogP contribution is 2.22. The highest BCUT2D eigenvalue weighted by Gasteiger charge is 2.25. The average Bonchev–Trinajstić information content (AvgIpc) is 2.49. The first-order chi connectivity index (χ1) is 9.93. The lowest BCUT2D eigenvalue weighted by Gasteiger charge is -2.34. The molecule has 0 atom stereocenters. The van der Waals surface area contributed by atoms with Gasteiger partial charge in [0.1, 0.15) is 0 Å². The van der Waals surface area contributed by atoms with E-state index in [-0.39, 0.29) is 18.4 Å². The van der Waals surface area contributed by atoms with Crippen molar-refractivity contribution in [2.24, 2.45) is 5.92 Å². The molecule has 0 bridgehead atoms. The number of amides is 3. The Balaban J connectivity index is 2.30. The SMILES string of the molecule is CNC(=O)CCN(C)C(=O)N1CCC(CCC(=O)O)CC1. The first-order valence-corrected chi connectivity index (χ1v) is 7.36. The van der Waals surface area contributed by atoms with Crippen molar-refractivity contribution < 1.29 is 19.5 Å². The molecule has 0 radical (unpaired) electrons. The van der Waals surface area contributed by atoms with Crippen LogP contribution in [0.4, 0.5) is 4.79 Å². The number of hydrogen-bond donors (Lipinski definition) is 2. The second-order valence-corrected chi connectivity index (χ2v) is 5.49. The molecule has 1 aliphatic heterocycles. The van der Waals surface area contributed by atoms with Crippen molar-refractivity contribution in [3.05, 3.63) is 0 Å². The fourth-order valence-electron chi connectivity index (χ4n) is 2.47. The minimum atomic E-state index is -0.762. The molecule has 7 nitrogen and oxygen atoms in total. The predicted molar refractivity (Wildman–Crippen MR) is 77.9 cm³/mol. The zero-order valence-electron chi connectivity index (χ0n) is 12.8. The summed E-state index contributed by atoms with van der Waals surface area (Å²) in [4.78, 5) is 37.3. The molecule has 21 heavy (non-hydrogen) atoms. The van der Waals surface area contributed by atoms with Gasteiger partial charge in [0.25, 0.3) is 0 Å². The van der Waals surface area contributed by atoms with Crippen LogP contribution < -0.4 is 5.32 Å². The van der Waals surface area contributed by atoms with Crippen LogP contribution in [0.15, 0.2) is 0 Å². The number of nitrogens with zero attached hydrogens (tertiary/aromatic N) is 2. The number of nitrogens with one attached hydrogen (secondary N) is 1. The van der Waals surface area contributed by atoms with Crippen LogP contribution in [0, 0.1) is 5.92 Å². The maximum Gasteiger partial charge on any atom is 0.319 e. The minimum Gasteiger partial charge on any atom is -0.481 e. The Morgan fingerprint density at radius 2 is 1.86 bits per heavy atom. The Labute approximate surface area is 125 Å². The molecular weight excluding hydrogens is 274 g/mol. The first-order valence-electron chi connectivity index (χ1n) is 7.36. The molecule has 2 N–H and O–H groups in total. The van der Waals surface area contributed by atoms with Gasteiger partial charge in [-0.2, -0.15) is 0 Å². The third kappa shape index (κ3) is 6.01. The molecule has 0 aromatic rings. The van der Waals surface area contributed by atoms with Crippen molar-refractivity contribution in [3.63, 3.8) is 0 Å². The zero-order chi connectivity index (χ0) is 15.8. The van der Waals surface area contributed by atoms with E-state index in [0.717, 1.165) is 12.8 Å². The van der Waals surface area contributed by atoms with E-state index in [1.165, 1.54) is 0 Å². The standard InChI is InChI=1S/C14H25N3O4/c1-15-12(18)7-8-16(2)14(21)17-9-5-11(6-10-17)3-4-13(19)20/h11H,3-10H2,1-2H3,(H,15,18)(H,19,20). The topological polar surface area (TPSA) is 90.0 Å². The van der Waals surface area contributed by atoms with E-state index in [0.29, 0.717) is 38.4 Å². The van der Waals surface area contributed by atoms with E-state index in [1.54, 1.807) is 23.9 Å². The lowest BCUT2D eigenvalue weighted by Crippen LogP contribution is -2.46. The fourth-order valence-corrected chi connectivity index (χ4v) is 2.47. The first kappa shape index (κ1) is 17.3. The van der Waals surface area contributed by atoms with Crippen molar-refractivity contribution in [1.82, 2.24) is 15.1 Å². The van der Waals surface area contributed by atoms with E-state index in [1.807, 2.05) is 0 Å². The van der Waals surface area contributed by atoms with E-state index in [2.05, 4.69) is 5.32 Å². The summed E-state index contributed by atoms with van der Waals surface area (Å²) in [7, 11) is 3.27. The molecule has 3 amide bonds. The molecule has 0 aromatic heterocycles. The normalized spacial score (nSPS) is 15.6. The Bertz CT molecular complexity index is 378. The van der Waals surface area contributed by atoms with Crippen LogP contribution in [-0.2, 0) is 9.59 Å². The molecule has 0 saturated carbocycles. The van der Waals surface area contributed by atoms with Gasteiger partial charge < -0.3 is 20.2 Å². The van der Waals surface area contributed by atoms with Crippen molar-refractivity contribution in [1.29, 1.82) is 0 Å². The van der Waals surface area contributed by atoms with Gasteiger partial charge in [-0.25, -0.2) is 4.79 Å². The lowest BCUT2D eigenvalue weighted by molar-refractivity contribution is -0.137. The van der Waals surface area contributed by atoms with Gasteiger partial charge in [0.2, 0.25) is 5.91 Å². The molecule has 7 heteroatoms. The third-order valence-electron chi connectivity index (χ3n) is 3.93. The smallest absolute Gasteiger partial charge is 0.319 e. The van der Waals surface area contributed by atoms with Gasteiger partial charge in [-0.3, -0.25) is 9.59 Å². The lowest BCUT2D eigenvalue weighted by atomic mass is 9.92. The molecule has 0 spiro atoms. The summed E-state index contributed by atoms with van der Waals surface area (Å²) in [6.45, 7) is 1.72. The van der Waals surface area contributed by atoms with E-state index < -0.39 is 5.97 Å². The number of rotatable bonds is 6. The van der Waals surface area contributed by atoms with Crippen LogP contribution in [0.2, 0.25) is 0 Å². The number of hydrogen-bond acceptors (Lipinski definition) is 3. The van der Waals surface area contributed by atoms with E-state index >= 15 is 0 Å². The van der Waals surface area contributed by atoms with Crippen molar-refractivity contribution in [3.8, 4) is 0 Å². The van der Waals surface area contributed by atoms with Crippen LogP contribution in [0.25, 0.3) is 0 Å². The molecule has 1 saturated heterocycles. The molecule has 0 unspecified atom stereocenters. The third-order valence-corrected chi connectivity index (χ3v) is 3.93. The monoisotopic (exact) mass is 299 g/mol. The predicted octanol–water partition coefficient (Wildman–Crippen LogP) is 0.751. The highest BCUT2D eigenvalue weighted by molar-refractivity contribution is 5.78. The van der Waals surface area contributed by atoms with Crippen molar-refractivity contribution >= 4 is 17.9 Å². The Morgan fingerprint density at radius 1 is 1.24 bits per heavy atom. The fraction of sp³-hybridized carbons (Fsp3) is 0.786. The summed E-state index contributed by atoms with van der Waals surface area (Å²) in [5.41, 5.74) is 0. The van der Waals surface area contributed by atoms with Gasteiger partial charge in [0.05, 0.1) is 0 Å². The number of carboxylic acid groups (broad SMARTS) is 1. The van der Waals surface area contributed by atoms with Crippen LogP contribution in [-0.4, -0.2) is 66.5 Å². The number of carbonyl (C=O) groups excluding carboxylic acids is 2. The number of urea groups is 1. The molecule has 1 fully saturated rings. The van der Waals surface area contributed by atoms with Gasteiger partial charge in [-0.15, -0.1) is 0 Å². The number of carbonyl (C=O) groups is 3. The quantitative estimate of drug-likeness (QED) is 0.757. The van der Waals surface area contributed by atoms with Gasteiger partial charge in [0.15, 0.2) is 0 Å². The number of likely N-dealkylation sites (tertiary alicyclic amines) is 1. The second-order valence-electron chi connectivity index (χ2n) is 5.49. The number of piperidine rings is 1. The van der Waals surface area contributed by atoms with Gasteiger partial charge in [-0.1, -0.05) is 0 Å². The summed E-state index contributed by atoms with van der Waals surface area (Å²) < 4.78 is 0. The summed E-state index contributed by atoms with van der Waals surface area (Å²) >= 11 is 0. The van der Waals surface area contributed by atoms with Crippen molar-refractivity contribution in [2.45, 2.75) is 32.1 Å². The second kappa shape index (κ2) is 8.49. The van der Waals surface area contributed by atoms with E-state index in [4.69, 9.17) is 5.11 Å². The minimum absolute atomic E-state index is 0.0596.